The molecule has 1 fully saturated rings. The van der Waals surface area contributed by atoms with Gasteiger partial charge in [0.25, 0.3) is 0 Å². The van der Waals surface area contributed by atoms with E-state index in [1.165, 1.54) is 0 Å². The number of halogens is 1. The summed E-state index contributed by atoms with van der Waals surface area (Å²) in [6.07, 6.45) is 1.61. The van der Waals surface area contributed by atoms with Crippen LogP contribution in [0.4, 0.5) is 0 Å². The third-order valence-electron chi connectivity index (χ3n) is 4.30. The minimum Gasteiger partial charge on any atom is -0.381 e. The molecule has 1 aromatic carbocycles. The van der Waals surface area contributed by atoms with E-state index in [1.54, 1.807) is 29.2 Å². The highest BCUT2D eigenvalue weighted by Gasteiger charge is 2.25. The molecule has 0 saturated carbocycles. The zero-order valence-electron chi connectivity index (χ0n) is 14.0. The van der Waals surface area contributed by atoms with E-state index < -0.39 is 5.69 Å². The standard InChI is InChI=1S/C16H20ClN5O3/c1-2-20(12-7-9-25-10-8-12)15(23)11-21-16(24)22(19-18-21)14-6-4-3-5-13(14)17/h3-6,12H,2,7-11H2,1H3. The summed E-state index contributed by atoms with van der Waals surface area (Å²) in [6.45, 7) is 3.66. The summed E-state index contributed by atoms with van der Waals surface area (Å²) in [6, 6.07) is 6.99. The van der Waals surface area contributed by atoms with E-state index in [0.29, 0.717) is 30.5 Å². The van der Waals surface area contributed by atoms with Crippen molar-refractivity contribution in [1.29, 1.82) is 0 Å². The largest absolute Gasteiger partial charge is 0.381 e. The summed E-state index contributed by atoms with van der Waals surface area (Å²) in [4.78, 5) is 26.9. The van der Waals surface area contributed by atoms with Crippen LogP contribution in [0.15, 0.2) is 29.1 Å². The molecule has 2 aromatic rings. The smallest absolute Gasteiger partial charge is 0.369 e. The molecule has 0 radical (unpaired) electrons. The minimum atomic E-state index is -0.496. The van der Waals surface area contributed by atoms with Crippen LogP contribution >= 0.6 is 11.6 Å². The number of likely N-dealkylation sites (N-methyl/N-ethyl adjacent to an activating group) is 1. The molecule has 1 aliphatic heterocycles. The van der Waals surface area contributed by atoms with E-state index in [-0.39, 0.29) is 18.5 Å². The second-order valence-electron chi connectivity index (χ2n) is 5.81. The van der Waals surface area contributed by atoms with Crippen molar-refractivity contribution in [2.75, 3.05) is 19.8 Å². The first kappa shape index (κ1) is 17.6. The van der Waals surface area contributed by atoms with Gasteiger partial charge in [0.1, 0.15) is 6.54 Å². The lowest BCUT2D eigenvalue weighted by atomic mass is 10.1. The van der Waals surface area contributed by atoms with Crippen LogP contribution in [0.3, 0.4) is 0 Å². The van der Waals surface area contributed by atoms with Crippen molar-refractivity contribution in [1.82, 2.24) is 24.7 Å². The molecule has 8 nitrogen and oxygen atoms in total. The number of rotatable bonds is 5. The van der Waals surface area contributed by atoms with E-state index in [0.717, 1.165) is 22.2 Å². The highest BCUT2D eigenvalue weighted by molar-refractivity contribution is 6.32. The van der Waals surface area contributed by atoms with Gasteiger partial charge in [-0.2, -0.15) is 9.36 Å². The first-order chi connectivity index (χ1) is 12.1. The maximum Gasteiger partial charge on any atom is 0.369 e. The third kappa shape index (κ3) is 3.74. The lowest BCUT2D eigenvalue weighted by Gasteiger charge is -2.33. The Labute approximate surface area is 149 Å². The fraction of sp³-hybridized carbons (Fsp3) is 0.500. The molecule has 134 valence electrons. The molecular weight excluding hydrogens is 346 g/mol. The monoisotopic (exact) mass is 365 g/mol. The second-order valence-corrected chi connectivity index (χ2v) is 6.21. The van der Waals surface area contributed by atoms with Gasteiger partial charge in [-0.25, -0.2) is 4.79 Å². The molecule has 1 saturated heterocycles. The number of benzene rings is 1. The van der Waals surface area contributed by atoms with Crippen molar-refractivity contribution in [3.63, 3.8) is 0 Å². The van der Waals surface area contributed by atoms with Crippen LogP contribution < -0.4 is 5.69 Å². The molecule has 3 rings (SSSR count). The Hall–Kier alpha value is -2.19. The lowest BCUT2D eigenvalue weighted by molar-refractivity contribution is -0.136. The molecule has 0 atom stereocenters. The van der Waals surface area contributed by atoms with E-state index >= 15 is 0 Å². The Balaban J connectivity index is 1.78. The van der Waals surface area contributed by atoms with Gasteiger partial charge in [-0.1, -0.05) is 23.7 Å². The van der Waals surface area contributed by atoms with E-state index in [1.807, 2.05) is 6.92 Å². The number of hydrogen-bond donors (Lipinski definition) is 0. The van der Waals surface area contributed by atoms with Crippen molar-refractivity contribution in [2.24, 2.45) is 0 Å². The van der Waals surface area contributed by atoms with Crippen LogP contribution in [0, 0.1) is 0 Å². The topological polar surface area (TPSA) is 82.3 Å². The van der Waals surface area contributed by atoms with Gasteiger partial charge in [-0.3, -0.25) is 4.79 Å². The van der Waals surface area contributed by atoms with Crippen molar-refractivity contribution >= 4 is 17.5 Å². The SMILES string of the molecule is CCN(C(=O)Cn1nnn(-c2ccccc2Cl)c1=O)C1CCOCC1. The Morgan fingerprint density at radius 3 is 2.72 bits per heavy atom. The summed E-state index contributed by atoms with van der Waals surface area (Å²) in [5, 5.41) is 8.05. The summed E-state index contributed by atoms with van der Waals surface area (Å²) < 4.78 is 7.50. The molecule has 1 aromatic heterocycles. The third-order valence-corrected chi connectivity index (χ3v) is 4.62. The molecule has 1 aliphatic rings. The predicted octanol–water partition coefficient (Wildman–Crippen LogP) is 1.11. The van der Waals surface area contributed by atoms with Gasteiger partial charge in [-0.15, -0.1) is 0 Å². The zero-order chi connectivity index (χ0) is 17.8. The minimum absolute atomic E-state index is 0.139. The van der Waals surface area contributed by atoms with Crippen molar-refractivity contribution in [3.05, 3.63) is 39.8 Å². The van der Waals surface area contributed by atoms with Crippen molar-refractivity contribution < 1.29 is 9.53 Å². The lowest BCUT2D eigenvalue weighted by Crippen LogP contribution is -2.45. The Bertz CT molecular complexity index is 797. The van der Waals surface area contributed by atoms with Gasteiger partial charge >= 0.3 is 5.69 Å². The van der Waals surface area contributed by atoms with Crippen molar-refractivity contribution in [2.45, 2.75) is 32.4 Å². The molecule has 25 heavy (non-hydrogen) atoms. The number of amides is 1. The highest BCUT2D eigenvalue weighted by Crippen LogP contribution is 2.17. The summed E-state index contributed by atoms with van der Waals surface area (Å²) in [5.74, 6) is -0.150. The Kier molecular flexibility index (Phi) is 5.50. The molecule has 0 unspecified atom stereocenters. The van der Waals surface area contributed by atoms with Crippen LogP contribution in [-0.4, -0.2) is 56.4 Å². The van der Waals surface area contributed by atoms with Gasteiger partial charge in [0.2, 0.25) is 5.91 Å². The molecule has 0 N–H and O–H groups in total. The fourth-order valence-corrected chi connectivity index (χ4v) is 3.22. The molecule has 2 heterocycles. The van der Waals surface area contributed by atoms with Crippen LogP contribution in [0.5, 0.6) is 0 Å². The Morgan fingerprint density at radius 1 is 1.32 bits per heavy atom. The van der Waals surface area contributed by atoms with Crippen LogP contribution in [0.25, 0.3) is 5.69 Å². The quantitative estimate of drug-likeness (QED) is 0.792. The van der Waals surface area contributed by atoms with Crippen LogP contribution in [0.1, 0.15) is 19.8 Å². The summed E-state index contributed by atoms with van der Waals surface area (Å²) in [5.41, 5.74) is -0.0610. The number of nitrogens with zero attached hydrogens (tertiary/aromatic N) is 5. The zero-order valence-corrected chi connectivity index (χ0v) is 14.7. The molecule has 0 bridgehead atoms. The van der Waals surface area contributed by atoms with Gasteiger partial charge in [0.15, 0.2) is 0 Å². The number of tetrazole rings is 1. The average molecular weight is 366 g/mol. The number of para-hydroxylation sites is 1. The maximum absolute atomic E-state index is 12.6. The molecule has 0 aliphatic carbocycles. The molecule has 9 heteroatoms. The number of carbonyl (C=O) groups excluding carboxylic acids is 1. The number of ether oxygens (including phenoxy) is 1. The fourth-order valence-electron chi connectivity index (χ4n) is 3.00. The molecule has 0 spiro atoms. The molecule has 1 amide bonds. The summed E-state index contributed by atoms with van der Waals surface area (Å²) >= 11 is 6.10. The number of aromatic nitrogens is 4. The first-order valence-electron chi connectivity index (χ1n) is 8.26. The Morgan fingerprint density at radius 2 is 2.04 bits per heavy atom. The molecular formula is C16H20ClN5O3. The summed E-state index contributed by atoms with van der Waals surface area (Å²) in [7, 11) is 0. The maximum atomic E-state index is 12.6. The van der Waals surface area contributed by atoms with Crippen molar-refractivity contribution in [3.8, 4) is 5.69 Å². The van der Waals surface area contributed by atoms with Gasteiger partial charge in [0, 0.05) is 25.8 Å². The number of carbonyl (C=O) groups is 1. The second kappa shape index (κ2) is 7.79. The normalized spacial score (nSPS) is 15.3. The first-order valence-corrected chi connectivity index (χ1v) is 8.64. The van der Waals surface area contributed by atoms with Gasteiger partial charge in [-0.05, 0) is 42.3 Å². The van der Waals surface area contributed by atoms with E-state index in [2.05, 4.69) is 10.4 Å². The van der Waals surface area contributed by atoms with Gasteiger partial charge in [0.05, 0.1) is 10.7 Å². The van der Waals surface area contributed by atoms with E-state index in [9.17, 15) is 9.59 Å². The predicted molar refractivity (Wildman–Crippen MR) is 91.9 cm³/mol. The van der Waals surface area contributed by atoms with Gasteiger partial charge < -0.3 is 9.64 Å². The van der Waals surface area contributed by atoms with E-state index in [4.69, 9.17) is 16.3 Å². The highest BCUT2D eigenvalue weighted by atomic mass is 35.5. The average Bonchev–Trinajstić information content (AvgIpc) is 2.97. The number of hydrogen-bond acceptors (Lipinski definition) is 5. The van der Waals surface area contributed by atoms with Crippen LogP contribution in [0.2, 0.25) is 5.02 Å². The van der Waals surface area contributed by atoms with Crippen LogP contribution in [-0.2, 0) is 16.1 Å².